The van der Waals surface area contributed by atoms with E-state index in [2.05, 4.69) is 80.8 Å². The number of allylic oxidation sites excluding steroid dienone is 4. The molecule has 6 rings (SSSR count). The van der Waals surface area contributed by atoms with Crippen molar-refractivity contribution in [2.75, 3.05) is 37.6 Å². The first-order valence-electron chi connectivity index (χ1n) is 15.3. The summed E-state index contributed by atoms with van der Waals surface area (Å²) < 4.78 is 0. The third kappa shape index (κ3) is 4.06. The van der Waals surface area contributed by atoms with Crippen molar-refractivity contribution in [3.05, 3.63) is 53.1 Å². The normalized spacial score (nSPS) is 38.5. The van der Waals surface area contributed by atoms with Crippen molar-refractivity contribution in [2.45, 2.75) is 85.7 Å². The van der Waals surface area contributed by atoms with Gasteiger partial charge in [-0.15, -0.1) is 0 Å². The minimum atomic E-state index is -0.146. The zero-order valence-electron chi connectivity index (χ0n) is 24.1. The SMILES string of the molecule is C[C@H](CN1CCN(c2ccccc2)CC1)[C@H]1CC=C2C3=C(CC[C@@]21C)[C@@]1(C)CC[C@H](O)C(C)(C)[C@@H]1CC3. The van der Waals surface area contributed by atoms with Crippen LogP contribution in [-0.2, 0) is 0 Å². The average molecular weight is 503 g/mol. The molecule has 1 saturated heterocycles. The van der Waals surface area contributed by atoms with E-state index in [0.29, 0.717) is 11.3 Å². The molecule has 5 aliphatic rings. The van der Waals surface area contributed by atoms with E-state index in [9.17, 15) is 5.11 Å². The zero-order chi connectivity index (χ0) is 26.0. The smallest absolute Gasteiger partial charge is 0.0594 e. The number of fused-ring (bicyclic) bond motifs is 4. The van der Waals surface area contributed by atoms with Gasteiger partial charge in [0.25, 0.3) is 0 Å². The molecule has 1 saturated carbocycles. The fourth-order valence-electron chi connectivity index (χ4n) is 9.94. The van der Waals surface area contributed by atoms with Gasteiger partial charge in [-0.2, -0.15) is 0 Å². The number of hydrogen-bond donors (Lipinski definition) is 1. The summed E-state index contributed by atoms with van der Waals surface area (Å²) in [5, 5.41) is 10.8. The molecule has 4 aliphatic carbocycles. The molecule has 1 heterocycles. The summed E-state index contributed by atoms with van der Waals surface area (Å²) in [5.74, 6) is 2.09. The van der Waals surface area contributed by atoms with Crippen LogP contribution in [0.4, 0.5) is 5.69 Å². The van der Waals surface area contributed by atoms with Crippen molar-refractivity contribution in [3.8, 4) is 0 Å². The third-order valence-electron chi connectivity index (χ3n) is 12.2. The van der Waals surface area contributed by atoms with Crippen LogP contribution in [0.1, 0.15) is 79.6 Å². The van der Waals surface area contributed by atoms with Gasteiger partial charge in [0.2, 0.25) is 0 Å². The Morgan fingerprint density at radius 1 is 0.919 bits per heavy atom. The standard InChI is InChI=1S/C34H50N2O/c1-24(23-35-19-21-36(22-20-35)25-9-7-6-8-10-25)27-12-13-28-26-11-14-30-32(2,3)31(37)16-18-34(30,5)29(26)15-17-33(27,28)4/h6-10,13,24,27,30-31,37H,11-12,14-23H2,1-5H3/t24-,27-,30+,31+,33-,34-/m1/s1. The fraction of sp³-hybridized carbons (Fsp3) is 0.706. The van der Waals surface area contributed by atoms with Crippen LogP contribution in [0.2, 0.25) is 0 Å². The summed E-state index contributed by atoms with van der Waals surface area (Å²) in [6, 6.07) is 10.9. The van der Waals surface area contributed by atoms with E-state index in [1.165, 1.54) is 63.8 Å². The second-order valence-corrected chi connectivity index (χ2v) is 14.3. The summed E-state index contributed by atoms with van der Waals surface area (Å²) >= 11 is 0. The molecule has 0 spiro atoms. The van der Waals surface area contributed by atoms with Crippen molar-refractivity contribution in [1.82, 2.24) is 4.90 Å². The first-order valence-corrected chi connectivity index (χ1v) is 15.3. The first kappa shape index (κ1) is 25.7. The molecule has 2 fully saturated rings. The average Bonchev–Trinajstić information content (AvgIpc) is 3.25. The predicted octanol–water partition coefficient (Wildman–Crippen LogP) is 7.08. The van der Waals surface area contributed by atoms with Crippen molar-refractivity contribution >= 4 is 5.69 Å². The Bertz CT molecular complexity index is 1060. The number of nitrogens with zero attached hydrogens (tertiary/aromatic N) is 2. The summed E-state index contributed by atoms with van der Waals surface area (Å²) in [6.07, 6.45) is 11.0. The van der Waals surface area contributed by atoms with Gasteiger partial charge < -0.3 is 10.0 Å². The van der Waals surface area contributed by atoms with Crippen LogP contribution in [-0.4, -0.2) is 48.8 Å². The molecule has 1 N–H and O–H groups in total. The van der Waals surface area contributed by atoms with Gasteiger partial charge in [-0.3, -0.25) is 4.90 Å². The first-order chi connectivity index (χ1) is 17.6. The van der Waals surface area contributed by atoms with Gasteiger partial charge in [0.15, 0.2) is 0 Å². The molecule has 3 heteroatoms. The van der Waals surface area contributed by atoms with E-state index in [0.717, 1.165) is 31.3 Å². The molecule has 6 atom stereocenters. The van der Waals surface area contributed by atoms with Gasteiger partial charge in [0.05, 0.1) is 6.10 Å². The maximum absolute atomic E-state index is 10.8. The topological polar surface area (TPSA) is 26.7 Å². The molecule has 3 nitrogen and oxygen atoms in total. The Labute approximate surface area is 226 Å². The largest absolute Gasteiger partial charge is 0.393 e. The van der Waals surface area contributed by atoms with E-state index in [-0.39, 0.29) is 16.9 Å². The summed E-state index contributed by atoms with van der Waals surface area (Å²) in [4.78, 5) is 5.29. The van der Waals surface area contributed by atoms with Crippen molar-refractivity contribution in [1.29, 1.82) is 0 Å². The maximum Gasteiger partial charge on any atom is 0.0594 e. The molecular weight excluding hydrogens is 452 g/mol. The number of rotatable bonds is 4. The second kappa shape index (κ2) is 9.26. The molecule has 0 radical (unpaired) electrons. The van der Waals surface area contributed by atoms with Gasteiger partial charge in [-0.05, 0) is 102 Å². The van der Waals surface area contributed by atoms with Crippen LogP contribution in [0.3, 0.4) is 0 Å². The second-order valence-electron chi connectivity index (χ2n) is 14.3. The molecule has 1 aromatic rings. The van der Waals surface area contributed by atoms with Crippen LogP contribution < -0.4 is 4.90 Å². The molecule has 0 bridgehead atoms. The monoisotopic (exact) mass is 502 g/mol. The van der Waals surface area contributed by atoms with Gasteiger partial charge >= 0.3 is 0 Å². The quantitative estimate of drug-likeness (QED) is 0.476. The maximum atomic E-state index is 10.8. The Morgan fingerprint density at radius 3 is 2.38 bits per heavy atom. The molecular formula is C34H50N2O. The lowest BCUT2D eigenvalue weighted by molar-refractivity contribution is -0.0905. The van der Waals surface area contributed by atoms with Gasteiger partial charge in [0.1, 0.15) is 0 Å². The highest BCUT2D eigenvalue weighted by molar-refractivity contribution is 5.50. The number of hydrogen-bond acceptors (Lipinski definition) is 3. The highest BCUT2D eigenvalue weighted by Gasteiger charge is 2.57. The number of piperazine rings is 1. The van der Waals surface area contributed by atoms with Crippen LogP contribution in [0.5, 0.6) is 0 Å². The van der Waals surface area contributed by atoms with Gasteiger partial charge in [-0.25, -0.2) is 0 Å². The van der Waals surface area contributed by atoms with Crippen LogP contribution in [0.25, 0.3) is 0 Å². The molecule has 202 valence electrons. The van der Waals surface area contributed by atoms with Crippen LogP contribution >= 0.6 is 0 Å². The third-order valence-corrected chi connectivity index (χ3v) is 12.2. The van der Waals surface area contributed by atoms with E-state index in [1.807, 2.05) is 0 Å². The van der Waals surface area contributed by atoms with Crippen LogP contribution in [0, 0.1) is 34.0 Å². The number of anilines is 1. The number of aliphatic hydroxyl groups excluding tert-OH is 1. The Kier molecular flexibility index (Phi) is 6.43. The molecule has 0 unspecified atom stereocenters. The van der Waals surface area contributed by atoms with Gasteiger partial charge in [0, 0.05) is 38.4 Å². The summed E-state index contributed by atoms with van der Waals surface area (Å²) in [7, 11) is 0. The Balaban J connectivity index is 1.15. The van der Waals surface area contributed by atoms with E-state index in [1.54, 1.807) is 16.7 Å². The lowest BCUT2D eigenvalue weighted by Crippen LogP contribution is -2.53. The lowest BCUT2D eigenvalue weighted by atomic mass is 9.46. The van der Waals surface area contributed by atoms with Gasteiger partial charge in [-0.1, -0.05) is 64.5 Å². The highest BCUT2D eigenvalue weighted by Crippen LogP contribution is 2.66. The number of benzene rings is 1. The minimum absolute atomic E-state index is 0.0257. The predicted molar refractivity (Wildman–Crippen MR) is 155 cm³/mol. The van der Waals surface area contributed by atoms with Crippen molar-refractivity contribution in [2.24, 2.45) is 34.0 Å². The zero-order valence-corrected chi connectivity index (χ0v) is 24.1. The molecule has 1 aromatic carbocycles. The molecule has 0 amide bonds. The van der Waals surface area contributed by atoms with E-state index >= 15 is 0 Å². The van der Waals surface area contributed by atoms with Crippen molar-refractivity contribution < 1.29 is 5.11 Å². The number of aliphatic hydroxyl groups is 1. The highest BCUT2D eigenvalue weighted by atomic mass is 16.3. The molecule has 37 heavy (non-hydrogen) atoms. The fourth-order valence-corrected chi connectivity index (χ4v) is 9.94. The van der Waals surface area contributed by atoms with Crippen LogP contribution in [0.15, 0.2) is 53.1 Å². The summed E-state index contributed by atoms with van der Waals surface area (Å²) in [6.45, 7) is 18.3. The van der Waals surface area contributed by atoms with Crippen molar-refractivity contribution in [3.63, 3.8) is 0 Å². The number of para-hydroxylation sites is 1. The molecule has 1 aliphatic heterocycles. The van der Waals surface area contributed by atoms with E-state index in [4.69, 9.17) is 0 Å². The Hall–Kier alpha value is -1.58. The molecule has 0 aromatic heterocycles. The lowest BCUT2D eigenvalue weighted by Gasteiger charge is -2.59. The summed E-state index contributed by atoms with van der Waals surface area (Å²) in [5.41, 5.74) is 7.31. The van der Waals surface area contributed by atoms with E-state index < -0.39 is 0 Å². The minimum Gasteiger partial charge on any atom is -0.393 e. The Morgan fingerprint density at radius 2 is 1.65 bits per heavy atom.